The molecule has 8 heteroatoms. The second-order valence-electron chi connectivity index (χ2n) is 7.44. The summed E-state index contributed by atoms with van der Waals surface area (Å²) in [7, 11) is 0. The SMILES string of the molecule is C=C(C)C(=O)OCCCc1ccc2c(c1)sc1c(C(F)(F)F)c(OC(=O)C(=C)C)ccc12. The van der Waals surface area contributed by atoms with Gasteiger partial charge in [0.25, 0.3) is 0 Å². The average molecular weight is 462 g/mol. The summed E-state index contributed by atoms with van der Waals surface area (Å²) in [6.07, 6.45) is -3.54. The lowest BCUT2D eigenvalue weighted by Gasteiger charge is -2.13. The van der Waals surface area contributed by atoms with Crippen LogP contribution in [0.5, 0.6) is 5.75 Å². The molecule has 32 heavy (non-hydrogen) atoms. The van der Waals surface area contributed by atoms with Crippen molar-refractivity contribution in [1.82, 2.24) is 0 Å². The molecule has 0 aliphatic carbocycles. The minimum absolute atomic E-state index is 0.00653. The maximum absolute atomic E-state index is 13.9. The van der Waals surface area contributed by atoms with Crippen LogP contribution in [0.15, 0.2) is 54.6 Å². The predicted molar refractivity (Wildman–Crippen MR) is 119 cm³/mol. The van der Waals surface area contributed by atoms with Crippen LogP contribution in [0, 0.1) is 0 Å². The summed E-state index contributed by atoms with van der Waals surface area (Å²) in [5.41, 5.74) is 0.274. The number of hydrogen-bond donors (Lipinski definition) is 0. The van der Waals surface area contributed by atoms with Gasteiger partial charge in [0.05, 0.1) is 11.3 Å². The van der Waals surface area contributed by atoms with Crippen molar-refractivity contribution in [2.24, 2.45) is 0 Å². The number of carbonyl (C=O) groups is 2. The second kappa shape index (κ2) is 9.16. The third-order valence-corrected chi connectivity index (χ3v) is 5.88. The number of hydrogen-bond acceptors (Lipinski definition) is 5. The van der Waals surface area contributed by atoms with E-state index < -0.39 is 29.4 Å². The molecule has 0 atom stereocenters. The first kappa shape index (κ1) is 23.5. The highest BCUT2D eigenvalue weighted by atomic mass is 32.1. The largest absolute Gasteiger partial charge is 0.462 e. The highest BCUT2D eigenvalue weighted by Gasteiger charge is 2.38. The van der Waals surface area contributed by atoms with Gasteiger partial charge in [0.1, 0.15) is 11.3 Å². The number of thiophene rings is 1. The Morgan fingerprint density at radius 1 is 1.00 bits per heavy atom. The summed E-state index contributed by atoms with van der Waals surface area (Å²) in [5, 5.41) is 1.13. The number of ether oxygens (including phenoxy) is 2. The van der Waals surface area contributed by atoms with Crippen LogP contribution in [0.4, 0.5) is 13.2 Å². The highest BCUT2D eigenvalue weighted by molar-refractivity contribution is 7.26. The highest BCUT2D eigenvalue weighted by Crippen LogP contribution is 2.46. The molecule has 0 aliphatic rings. The maximum atomic E-state index is 13.9. The predicted octanol–water partition coefficient (Wildman–Crippen LogP) is 6.61. The normalized spacial score (nSPS) is 11.5. The van der Waals surface area contributed by atoms with Crippen LogP contribution in [0.1, 0.15) is 31.4 Å². The van der Waals surface area contributed by atoms with Crippen LogP contribution in [0.25, 0.3) is 20.2 Å². The van der Waals surface area contributed by atoms with E-state index in [0.717, 1.165) is 16.9 Å². The van der Waals surface area contributed by atoms with E-state index in [0.29, 0.717) is 33.9 Å². The first-order valence-electron chi connectivity index (χ1n) is 9.74. The fraction of sp³-hybridized carbons (Fsp3) is 0.250. The Hall–Kier alpha value is -3.13. The molecule has 3 rings (SSSR count). The van der Waals surface area contributed by atoms with Gasteiger partial charge >= 0.3 is 18.1 Å². The van der Waals surface area contributed by atoms with Crippen molar-refractivity contribution in [3.8, 4) is 5.75 Å². The van der Waals surface area contributed by atoms with Crippen molar-refractivity contribution in [2.45, 2.75) is 32.9 Å². The standard InChI is InChI=1S/C24H21F3O4S/c1-13(2)22(28)30-11-5-6-15-7-8-16-17-9-10-18(31-23(29)14(3)4)20(24(25,26)27)21(17)32-19(16)12-15/h7-10,12H,1,3,5-6,11H2,2,4H3. The summed E-state index contributed by atoms with van der Waals surface area (Å²) < 4.78 is 52.5. The molecule has 0 fully saturated rings. The van der Waals surface area contributed by atoms with Crippen molar-refractivity contribution in [1.29, 1.82) is 0 Å². The second-order valence-corrected chi connectivity index (χ2v) is 8.49. The van der Waals surface area contributed by atoms with E-state index in [1.165, 1.54) is 19.1 Å². The molecule has 3 aromatic rings. The molecule has 0 radical (unpaired) electrons. The van der Waals surface area contributed by atoms with E-state index in [-0.39, 0.29) is 16.9 Å². The fourth-order valence-electron chi connectivity index (χ4n) is 3.13. The Morgan fingerprint density at radius 2 is 1.66 bits per heavy atom. The molecular formula is C24H21F3O4S. The number of rotatable bonds is 7. The number of carbonyl (C=O) groups excluding carboxylic acids is 2. The average Bonchev–Trinajstić information content (AvgIpc) is 3.06. The van der Waals surface area contributed by atoms with Crippen LogP contribution in [-0.2, 0) is 26.9 Å². The van der Waals surface area contributed by atoms with Crippen LogP contribution >= 0.6 is 11.3 Å². The summed E-state index contributed by atoms with van der Waals surface area (Å²) >= 11 is 0.996. The summed E-state index contributed by atoms with van der Waals surface area (Å²) in [6.45, 7) is 10.1. The fourth-order valence-corrected chi connectivity index (χ4v) is 4.45. The zero-order chi connectivity index (χ0) is 23.6. The van der Waals surface area contributed by atoms with Gasteiger partial charge in [-0.05, 0) is 50.5 Å². The number of fused-ring (bicyclic) bond motifs is 3. The molecule has 0 bridgehead atoms. The van der Waals surface area contributed by atoms with E-state index in [1.807, 2.05) is 12.1 Å². The van der Waals surface area contributed by atoms with Gasteiger partial charge in [0.2, 0.25) is 0 Å². The van der Waals surface area contributed by atoms with Gasteiger partial charge in [0, 0.05) is 26.6 Å². The van der Waals surface area contributed by atoms with Crippen molar-refractivity contribution in [3.05, 3.63) is 65.8 Å². The van der Waals surface area contributed by atoms with Gasteiger partial charge < -0.3 is 9.47 Å². The smallest absolute Gasteiger partial charge is 0.421 e. The van der Waals surface area contributed by atoms with Crippen molar-refractivity contribution in [2.75, 3.05) is 6.61 Å². The molecule has 168 valence electrons. The first-order chi connectivity index (χ1) is 15.0. The topological polar surface area (TPSA) is 52.6 Å². The van der Waals surface area contributed by atoms with Gasteiger partial charge in [-0.1, -0.05) is 25.3 Å². The molecular weight excluding hydrogens is 441 g/mol. The van der Waals surface area contributed by atoms with Crippen LogP contribution in [-0.4, -0.2) is 18.5 Å². The number of halogens is 3. The lowest BCUT2D eigenvalue weighted by atomic mass is 10.0. The van der Waals surface area contributed by atoms with Crippen molar-refractivity contribution in [3.63, 3.8) is 0 Å². The minimum Gasteiger partial charge on any atom is -0.462 e. The summed E-state index contributed by atoms with van der Waals surface area (Å²) in [6, 6.07) is 8.16. The zero-order valence-corrected chi connectivity index (χ0v) is 18.4. The maximum Gasteiger partial charge on any atom is 0.421 e. The Balaban J connectivity index is 1.94. The molecule has 1 aromatic heterocycles. The molecule has 0 amide bonds. The quantitative estimate of drug-likeness (QED) is 0.172. The molecule has 4 nitrogen and oxygen atoms in total. The van der Waals surface area contributed by atoms with E-state index in [9.17, 15) is 22.8 Å². The third kappa shape index (κ3) is 5.02. The van der Waals surface area contributed by atoms with E-state index in [4.69, 9.17) is 9.47 Å². The van der Waals surface area contributed by atoms with Gasteiger partial charge in [-0.2, -0.15) is 13.2 Å². The van der Waals surface area contributed by atoms with Gasteiger partial charge in [-0.15, -0.1) is 11.3 Å². The number of aryl methyl sites for hydroxylation is 1. The van der Waals surface area contributed by atoms with E-state index in [2.05, 4.69) is 13.2 Å². The number of benzene rings is 2. The molecule has 1 heterocycles. The lowest BCUT2D eigenvalue weighted by molar-refractivity contribution is -0.140. The lowest BCUT2D eigenvalue weighted by Crippen LogP contribution is -2.14. The van der Waals surface area contributed by atoms with E-state index in [1.54, 1.807) is 13.0 Å². The molecule has 0 spiro atoms. The summed E-state index contributed by atoms with van der Waals surface area (Å²) in [4.78, 5) is 23.3. The van der Waals surface area contributed by atoms with Crippen molar-refractivity contribution < 1.29 is 32.2 Å². The molecule has 2 aromatic carbocycles. The third-order valence-electron chi connectivity index (χ3n) is 4.69. The van der Waals surface area contributed by atoms with Crippen LogP contribution in [0.2, 0.25) is 0 Å². The molecule has 0 saturated carbocycles. The Bertz CT molecular complexity index is 1240. The first-order valence-corrected chi connectivity index (χ1v) is 10.6. The van der Waals surface area contributed by atoms with Gasteiger partial charge in [-0.25, -0.2) is 9.59 Å². The van der Waals surface area contributed by atoms with E-state index >= 15 is 0 Å². The summed E-state index contributed by atoms with van der Waals surface area (Å²) in [5.74, 6) is -1.90. The molecule has 0 saturated heterocycles. The Morgan fingerprint density at radius 3 is 2.28 bits per heavy atom. The van der Waals surface area contributed by atoms with Crippen molar-refractivity contribution >= 4 is 43.4 Å². The zero-order valence-electron chi connectivity index (χ0n) is 17.6. The van der Waals surface area contributed by atoms with Crippen LogP contribution in [0.3, 0.4) is 0 Å². The van der Waals surface area contributed by atoms with Crippen LogP contribution < -0.4 is 4.74 Å². The van der Waals surface area contributed by atoms with Gasteiger partial charge in [0.15, 0.2) is 0 Å². The number of esters is 2. The molecule has 0 N–H and O–H groups in total. The molecule has 0 unspecified atom stereocenters. The Kier molecular flexibility index (Phi) is 6.74. The van der Waals surface area contributed by atoms with Gasteiger partial charge in [-0.3, -0.25) is 0 Å². The molecule has 0 aliphatic heterocycles. The number of alkyl halides is 3. The Labute approximate surface area is 186 Å². The monoisotopic (exact) mass is 462 g/mol. The minimum atomic E-state index is -4.71.